The Hall–Kier alpha value is -0.920. The van der Waals surface area contributed by atoms with E-state index in [1.165, 1.54) is 29.9 Å². The predicted molar refractivity (Wildman–Crippen MR) is 77.9 cm³/mol. The van der Waals surface area contributed by atoms with Gasteiger partial charge < -0.3 is 4.90 Å². The normalized spacial score (nSPS) is 21.2. The van der Waals surface area contributed by atoms with E-state index in [2.05, 4.69) is 21.6 Å². The highest BCUT2D eigenvalue weighted by Crippen LogP contribution is 2.15. The fourth-order valence-corrected chi connectivity index (χ4v) is 3.68. The summed E-state index contributed by atoms with van der Waals surface area (Å²) in [6.45, 7) is 5.98. The van der Waals surface area contributed by atoms with Gasteiger partial charge in [0.15, 0.2) is 0 Å². The van der Waals surface area contributed by atoms with E-state index in [0.29, 0.717) is 6.54 Å². The number of hydrogen-bond acceptors (Lipinski definition) is 4. The molecule has 1 N–H and O–H groups in total. The van der Waals surface area contributed by atoms with Crippen molar-refractivity contribution in [1.82, 2.24) is 19.4 Å². The third kappa shape index (κ3) is 4.29. The van der Waals surface area contributed by atoms with Crippen LogP contribution in [0.1, 0.15) is 26.2 Å². The first-order chi connectivity index (χ1) is 9.47. The Morgan fingerprint density at radius 1 is 1.50 bits per heavy atom. The van der Waals surface area contributed by atoms with Gasteiger partial charge in [-0.25, -0.2) is 13.1 Å². The molecule has 1 fully saturated rings. The fourth-order valence-electron chi connectivity index (χ4n) is 2.62. The molecular formula is C13H24N4O2S. The van der Waals surface area contributed by atoms with Gasteiger partial charge in [-0.2, -0.15) is 5.10 Å². The molecule has 0 radical (unpaired) electrons. The van der Waals surface area contributed by atoms with Gasteiger partial charge in [0.1, 0.15) is 4.90 Å². The van der Waals surface area contributed by atoms with E-state index in [9.17, 15) is 8.42 Å². The molecule has 6 nitrogen and oxygen atoms in total. The summed E-state index contributed by atoms with van der Waals surface area (Å²) in [7, 11) is -1.70. The first-order valence-corrected chi connectivity index (χ1v) is 8.66. The lowest BCUT2D eigenvalue weighted by Crippen LogP contribution is -2.36. The topological polar surface area (TPSA) is 67.2 Å². The molecule has 1 saturated heterocycles. The smallest absolute Gasteiger partial charge is 0.243 e. The van der Waals surface area contributed by atoms with Crippen LogP contribution in [0.25, 0.3) is 0 Å². The van der Waals surface area contributed by atoms with Crippen LogP contribution in [-0.2, 0) is 17.1 Å². The van der Waals surface area contributed by atoms with Crippen molar-refractivity contribution < 1.29 is 8.42 Å². The van der Waals surface area contributed by atoms with Gasteiger partial charge in [-0.15, -0.1) is 0 Å². The highest BCUT2D eigenvalue weighted by atomic mass is 32.2. The van der Waals surface area contributed by atoms with Crippen LogP contribution >= 0.6 is 0 Å². The number of nitrogens with zero attached hydrogens (tertiary/aromatic N) is 3. The number of aryl methyl sites for hydroxylation is 1. The van der Waals surface area contributed by atoms with Crippen molar-refractivity contribution in [3.63, 3.8) is 0 Å². The fraction of sp³-hybridized carbons (Fsp3) is 0.769. The molecule has 7 heteroatoms. The Morgan fingerprint density at radius 2 is 2.30 bits per heavy atom. The maximum absolute atomic E-state index is 12.0. The minimum absolute atomic E-state index is 0.228. The first-order valence-electron chi connectivity index (χ1n) is 7.18. The van der Waals surface area contributed by atoms with Gasteiger partial charge in [0.05, 0.1) is 6.20 Å². The van der Waals surface area contributed by atoms with Gasteiger partial charge in [0.2, 0.25) is 10.0 Å². The number of hydrogen-bond donors (Lipinski definition) is 1. The Balaban J connectivity index is 1.73. The van der Waals surface area contributed by atoms with E-state index in [-0.39, 0.29) is 4.90 Å². The van der Waals surface area contributed by atoms with Crippen LogP contribution in [0, 0.1) is 5.92 Å². The lowest BCUT2D eigenvalue weighted by molar-refractivity contribution is 0.182. The second-order valence-electron chi connectivity index (χ2n) is 5.65. The van der Waals surface area contributed by atoms with Gasteiger partial charge in [-0.05, 0) is 38.3 Å². The highest BCUT2D eigenvalue weighted by molar-refractivity contribution is 7.89. The lowest BCUT2D eigenvalue weighted by atomic mass is 10.0. The Morgan fingerprint density at radius 3 is 2.95 bits per heavy atom. The monoisotopic (exact) mass is 300 g/mol. The van der Waals surface area contributed by atoms with E-state index in [1.54, 1.807) is 7.05 Å². The van der Waals surface area contributed by atoms with E-state index in [1.807, 2.05) is 0 Å². The van der Waals surface area contributed by atoms with Crippen LogP contribution in [-0.4, -0.2) is 49.3 Å². The van der Waals surface area contributed by atoms with Gasteiger partial charge in [-0.3, -0.25) is 4.68 Å². The maximum Gasteiger partial charge on any atom is 0.243 e. The minimum atomic E-state index is -3.41. The molecule has 114 valence electrons. The van der Waals surface area contributed by atoms with Crippen molar-refractivity contribution >= 4 is 10.0 Å². The number of sulfonamides is 1. The quantitative estimate of drug-likeness (QED) is 0.790. The predicted octanol–water partition coefficient (Wildman–Crippen LogP) is 0.820. The van der Waals surface area contributed by atoms with Crippen molar-refractivity contribution in [2.45, 2.75) is 31.1 Å². The molecule has 0 spiro atoms. The lowest BCUT2D eigenvalue weighted by Gasteiger charge is -2.30. The first kappa shape index (κ1) is 15.5. The van der Waals surface area contributed by atoms with Crippen LogP contribution in [0.5, 0.6) is 0 Å². The summed E-state index contributed by atoms with van der Waals surface area (Å²) < 4.78 is 28.1. The molecule has 0 aliphatic carbocycles. The van der Waals surface area contributed by atoms with E-state index in [4.69, 9.17) is 0 Å². The molecule has 20 heavy (non-hydrogen) atoms. The van der Waals surface area contributed by atoms with Crippen molar-refractivity contribution in [1.29, 1.82) is 0 Å². The van der Waals surface area contributed by atoms with Crippen molar-refractivity contribution in [3.05, 3.63) is 12.4 Å². The van der Waals surface area contributed by atoms with Crippen molar-refractivity contribution in [2.24, 2.45) is 13.0 Å². The summed E-state index contributed by atoms with van der Waals surface area (Å²) in [6, 6.07) is 0. The number of likely N-dealkylation sites (tertiary alicyclic amines) is 1. The van der Waals surface area contributed by atoms with Crippen LogP contribution in [0.4, 0.5) is 0 Å². The molecule has 2 heterocycles. The number of aromatic nitrogens is 2. The zero-order valence-electron chi connectivity index (χ0n) is 12.2. The van der Waals surface area contributed by atoms with Gasteiger partial charge in [0, 0.05) is 26.3 Å². The molecule has 1 atom stereocenters. The molecule has 1 aromatic rings. The largest absolute Gasteiger partial charge is 0.303 e. The van der Waals surface area contributed by atoms with E-state index in [0.717, 1.165) is 32.0 Å². The molecule has 1 aromatic heterocycles. The molecule has 0 saturated carbocycles. The van der Waals surface area contributed by atoms with Crippen LogP contribution in [0.3, 0.4) is 0 Å². The molecular weight excluding hydrogens is 276 g/mol. The molecule has 2 rings (SSSR count). The molecule has 0 bridgehead atoms. The van der Waals surface area contributed by atoms with Gasteiger partial charge in [-0.1, -0.05) is 6.92 Å². The number of piperidine rings is 1. The molecule has 1 aliphatic heterocycles. The standard InChI is InChI=1S/C13H24N4O2S/c1-12-5-3-7-17(10-12)8-4-6-15-20(18,19)13-9-14-16(2)11-13/h9,11-12,15H,3-8,10H2,1-2H3/t12-/m1/s1. The SMILES string of the molecule is C[C@@H]1CCCN(CCCNS(=O)(=O)c2cnn(C)c2)C1. The zero-order chi connectivity index (χ0) is 14.6. The summed E-state index contributed by atoms with van der Waals surface area (Å²) >= 11 is 0. The second kappa shape index (κ2) is 6.69. The summed E-state index contributed by atoms with van der Waals surface area (Å²) in [4.78, 5) is 2.65. The average Bonchev–Trinajstić information content (AvgIpc) is 2.82. The Bertz CT molecular complexity index is 526. The average molecular weight is 300 g/mol. The summed E-state index contributed by atoms with van der Waals surface area (Å²) in [5.74, 6) is 0.760. The minimum Gasteiger partial charge on any atom is -0.303 e. The second-order valence-corrected chi connectivity index (χ2v) is 7.42. The number of rotatable bonds is 6. The van der Waals surface area contributed by atoms with Gasteiger partial charge in [0.25, 0.3) is 0 Å². The third-order valence-corrected chi connectivity index (χ3v) is 5.09. The van der Waals surface area contributed by atoms with E-state index < -0.39 is 10.0 Å². The zero-order valence-corrected chi connectivity index (χ0v) is 13.1. The van der Waals surface area contributed by atoms with Crippen molar-refractivity contribution in [2.75, 3.05) is 26.2 Å². The van der Waals surface area contributed by atoms with Crippen molar-refractivity contribution in [3.8, 4) is 0 Å². The van der Waals surface area contributed by atoms with E-state index >= 15 is 0 Å². The number of nitrogens with one attached hydrogen (secondary N) is 1. The molecule has 0 amide bonds. The summed E-state index contributed by atoms with van der Waals surface area (Å²) in [5.41, 5.74) is 0. The maximum atomic E-state index is 12.0. The Kier molecular flexibility index (Phi) is 5.17. The van der Waals surface area contributed by atoms with Crippen LogP contribution < -0.4 is 4.72 Å². The summed E-state index contributed by atoms with van der Waals surface area (Å²) in [5, 5.41) is 3.88. The molecule has 1 aliphatic rings. The van der Waals surface area contributed by atoms with Crippen LogP contribution in [0.15, 0.2) is 17.3 Å². The summed E-state index contributed by atoms with van der Waals surface area (Å²) in [6.07, 6.45) is 6.28. The van der Waals surface area contributed by atoms with Crippen LogP contribution in [0.2, 0.25) is 0 Å². The third-order valence-electron chi connectivity index (χ3n) is 3.68. The highest BCUT2D eigenvalue weighted by Gasteiger charge is 2.17. The molecule has 0 aromatic carbocycles. The molecule has 0 unspecified atom stereocenters. The van der Waals surface area contributed by atoms with Gasteiger partial charge >= 0.3 is 0 Å². The Labute approximate surface area is 121 Å².